The molecular formula is C13H25N3O3. The number of hydrogen-bond donors (Lipinski definition) is 3. The first-order valence-electron chi connectivity index (χ1n) is 6.41. The lowest BCUT2D eigenvalue weighted by Gasteiger charge is -2.18. The Balaban J connectivity index is 0.00000324. The van der Waals surface area contributed by atoms with Crippen molar-refractivity contribution in [2.75, 3.05) is 13.1 Å². The van der Waals surface area contributed by atoms with Crippen LogP contribution in [0.3, 0.4) is 0 Å². The normalized spacial score (nSPS) is 19.3. The van der Waals surface area contributed by atoms with Crippen LogP contribution in [0.5, 0.6) is 0 Å². The van der Waals surface area contributed by atoms with Crippen LogP contribution in [0.15, 0.2) is 0 Å². The van der Waals surface area contributed by atoms with Crippen LogP contribution in [0, 0.1) is 0 Å². The van der Waals surface area contributed by atoms with E-state index in [1.54, 1.807) is 6.92 Å². The number of likely N-dealkylation sites (N-methyl/N-ethyl adjacent to an activating group) is 1. The Morgan fingerprint density at radius 3 is 2.58 bits per heavy atom. The number of Topliss-reactive ketones (excluding diaryl/α,β-unsaturated/α-hetero) is 1. The van der Waals surface area contributed by atoms with E-state index in [0.29, 0.717) is 25.8 Å². The second-order valence-corrected chi connectivity index (χ2v) is 4.33. The van der Waals surface area contributed by atoms with Crippen LogP contribution in [0.2, 0.25) is 0 Å². The molecule has 0 aromatic carbocycles. The van der Waals surface area contributed by atoms with Gasteiger partial charge < -0.3 is 16.0 Å². The van der Waals surface area contributed by atoms with E-state index in [9.17, 15) is 14.4 Å². The van der Waals surface area contributed by atoms with Gasteiger partial charge in [-0.1, -0.05) is 21.3 Å². The summed E-state index contributed by atoms with van der Waals surface area (Å²) in [5.74, 6) is -0.233. The minimum absolute atomic E-state index is 0. The van der Waals surface area contributed by atoms with E-state index in [1.165, 1.54) is 0 Å². The molecule has 0 radical (unpaired) electrons. The van der Waals surface area contributed by atoms with Gasteiger partial charge in [-0.2, -0.15) is 0 Å². The fourth-order valence-electron chi connectivity index (χ4n) is 1.93. The van der Waals surface area contributed by atoms with Crippen molar-refractivity contribution in [3.8, 4) is 0 Å². The molecule has 0 spiro atoms. The first kappa shape index (κ1) is 17.6. The first-order valence-corrected chi connectivity index (χ1v) is 6.41. The van der Waals surface area contributed by atoms with Gasteiger partial charge in [0.25, 0.3) is 0 Å². The van der Waals surface area contributed by atoms with Gasteiger partial charge >= 0.3 is 0 Å². The highest BCUT2D eigenvalue weighted by Gasteiger charge is 2.27. The van der Waals surface area contributed by atoms with Crippen molar-refractivity contribution in [2.45, 2.75) is 52.6 Å². The number of carbonyl (C=O) groups is 3. The largest absolute Gasteiger partial charge is 0.352 e. The highest BCUT2D eigenvalue weighted by Crippen LogP contribution is 2.06. The molecule has 0 saturated carbocycles. The zero-order valence-electron chi connectivity index (χ0n) is 10.9. The van der Waals surface area contributed by atoms with Crippen molar-refractivity contribution in [1.29, 1.82) is 0 Å². The van der Waals surface area contributed by atoms with Crippen LogP contribution >= 0.6 is 0 Å². The summed E-state index contributed by atoms with van der Waals surface area (Å²) >= 11 is 0. The fraction of sp³-hybridized carbons (Fsp3) is 0.769. The quantitative estimate of drug-likeness (QED) is 0.607. The van der Waals surface area contributed by atoms with Gasteiger partial charge in [0.2, 0.25) is 11.8 Å². The van der Waals surface area contributed by atoms with E-state index in [-0.39, 0.29) is 37.6 Å². The van der Waals surface area contributed by atoms with Crippen LogP contribution in [0.1, 0.15) is 40.5 Å². The highest BCUT2D eigenvalue weighted by atomic mass is 16.2. The standard InChI is InChI=1S/C12H21N3O3.CH4/c1-3-10(16)9(13-4-2)7-14-12(18)8-5-6-11(17)15-8;/h8-9,13H,3-7H2,1-2H3,(H,14,18)(H,15,17);1H4/t8?,9-;/m0./s1. The third-order valence-electron chi connectivity index (χ3n) is 2.98. The lowest BCUT2D eigenvalue weighted by Crippen LogP contribution is -2.49. The average molecular weight is 271 g/mol. The van der Waals surface area contributed by atoms with E-state index in [2.05, 4.69) is 16.0 Å². The smallest absolute Gasteiger partial charge is 0.242 e. The van der Waals surface area contributed by atoms with Crippen molar-refractivity contribution in [2.24, 2.45) is 0 Å². The lowest BCUT2D eigenvalue weighted by atomic mass is 10.1. The summed E-state index contributed by atoms with van der Waals surface area (Å²) in [7, 11) is 0. The van der Waals surface area contributed by atoms with Gasteiger partial charge in [-0.05, 0) is 13.0 Å². The number of ketones is 1. The molecule has 1 unspecified atom stereocenters. The van der Waals surface area contributed by atoms with Gasteiger partial charge in [0.05, 0.1) is 6.04 Å². The summed E-state index contributed by atoms with van der Waals surface area (Å²) in [6.07, 6.45) is 1.36. The Morgan fingerprint density at radius 2 is 2.11 bits per heavy atom. The summed E-state index contributed by atoms with van der Waals surface area (Å²) in [5, 5.41) is 8.34. The third-order valence-corrected chi connectivity index (χ3v) is 2.98. The number of rotatable bonds is 7. The molecule has 110 valence electrons. The molecule has 0 aromatic heterocycles. The third kappa shape index (κ3) is 5.38. The first-order chi connectivity index (χ1) is 8.58. The fourth-order valence-corrected chi connectivity index (χ4v) is 1.93. The monoisotopic (exact) mass is 271 g/mol. The number of carbonyl (C=O) groups excluding carboxylic acids is 3. The van der Waals surface area contributed by atoms with Gasteiger partial charge in [0.1, 0.15) is 6.04 Å². The summed E-state index contributed by atoms with van der Waals surface area (Å²) in [6.45, 7) is 4.65. The minimum Gasteiger partial charge on any atom is -0.352 e. The maximum Gasteiger partial charge on any atom is 0.242 e. The zero-order valence-corrected chi connectivity index (χ0v) is 10.9. The molecule has 1 rings (SSSR count). The molecule has 1 aliphatic rings. The van der Waals surface area contributed by atoms with Crippen molar-refractivity contribution in [1.82, 2.24) is 16.0 Å². The van der Waals surface area contributed by atoms with E-state index < -0.39 is 6.04 Å². The van der Waals surface area contributed by atoms with Crippen molar-refractivity contribution in [3.63, 3.8) is 0 Å². The molecule has 1 saturated heterocycles. The molecule has 0 bridgehead atoms. The van der Waals surface area contributed by atoms with Gasteiger partial charge in [-0.15, -0.1) is 0 Å². The maximum atomic E-state index is 11.7. The molecule has 1 fully saturated rings. The summed E-state index contributed by atoms with van der Waals surface area (Å²) in [5.41, 5.74) is 0. The van der Waals surface area contributed by atoms with E-state index >= 15 is 0 Å². The average Bonchev–Trinajstić information content (AvgIpc) is 2.80. The molecule has 1 aliphatic heterocycles. The Hall–Kier alpha value is -1.43. The van der Waals surface area contributed by atoms with E-state index in [1.807, 2.05) is 6.92 Å². The molecule has 19 heavy (non-hydrogen) atoms. The van der Waals surface area contributed by atoms with Gasteiger partial charge in [0.15, 0.2) is 5.78 Å². The summed E-state index contributed by atoms with van der Waals surface area (Å²) < 4.78 is 0. The lowest BCUT2D eigenvalue weighted by molar-refractivity contribution is -0.126. The molecule has 2 amide bonds. The number of hydrogen-bond acceptors (Lipinski definition) is 4. The van der Waals surface area contributed by atoms with Gasteiger partial charge in [0, 0.05) is 19.4 Å². The Bertz CT molecular complexity index is 331. The summed E-state index contributed by atoms with van der Waals surface area (Å²) in [6, 6.07) is -0.794. The van der Waals surface area contributed by atoms with Crippen LogP contribution in [0.4, 0.5) is 0 Å². The number of amides is 2. The molecule has 6 heteroatoms. The Kier molecular flexibility index (Phi) is 7.98. The second kappa shape index (κ2) is 8.63. The van der Waals surface area contributed by atoms with Crippen molar-refractivity contribution in [3.05, 3.63) is 0 Å². The van der Waals surface area contributed by atoms with Crippen molar-refractivity contribution < 1.29 is 14.4 Å². The highest BCUT2D eigenvalue weighted by molar-refractivity contribution is 5.91. The molecule has 2 atom stereocenters. The van der Waals surface area contributed by atoms with Gasteiger partial charge in [-0.3, -0.25) is 14.4 Å². The maximum absolute atomic E-state index is 11.7. The zero-order chi connectivity index (χ0) is 13.5. The van der Waals surface area contributed by atoms with Gasteiger partial charge in [-0.25, -0.2) is 0 Å². The summed E-state index contributed by atoms with van der Waals surface area (Å²) in [4.78, 5) is 34.3. The predicted molar refractivity (Wildman–Crippen MR) is 73.7 cm³/mol. The Labute approximate surface area is 114 Å². The molecule has 0 aliphatic carbocycles. The molecule has 1 heterocycles. The van der Waals surface area contributed by atoms with E-state index in [0.717, 1.165) is 0 Å². The number of nitrogens with one attached hydrogen (secondary N) is 3. The van der Waals surface area contributed by atoms with Crippen molar-refractivity contribution >= 4 is 17.6 Å². The minimum atomic E-state index is -0.448. The second-order valence-electron chi connectivity index (χ2n) is 4.33. The molecule has 0 aromatic rings. The molecule has 3 N–H and O–H groups in total. The van der Waals surface area contributed by atoms with Crippen LogP contribution in [-0.2, 0) is 14.4 Å². The SMILES string of the molecule is C.CCN[C@@H](CNC(=O)C1CCC(=O)N1)C(=O)CC. The van der Waals surface area contributed by atoms with Crippen LogP contribution < -0.4 is 16.0 Å². The topological polar surface area (TPSA) is 87.3 Å². The van der Waals surface area contributed by atoms with E-state index in [4.69, 9.17) is 0 Å². The Morgan fingerprint density at radius 1 is 1.42 bits per heavy atom. The predicted octanol–water partition coefficient (Wildman–Crippen LogP) is -0.0255. The molecule has 6 nitrogen and oxygen atoms in total. The van der Waals surface area contributed by atoms with Crippen LogP contribution in [0.25, 0.3) is 0 Å². The van der Waals surface area contributed by atoms with Crippen LogP contribution in [-0.4, -0.2) is 42.8 Å². The molecular weight excluding hydrogens is 246 g/mol.